The predicted molar refractivity (Wildman–Crippen MR) is 98.6 cm³/mol. The lowest BCUT2D eigenvalue weighted by atomic mass is 10.2. The fourth-order valence-electron chi connectivity index (χ4n) is 2.09. The van der Waals surface area contributed by atoms with Crippen LogP contribution in [-0.4, -0.2) is 17.9 Å². The third-order valence-electron chi connectivity index (χ3n) is 3.42. The molecule has 0 saturated heterocycles. The molecule has 0 heterocycles. The highest BCUT2D eigenvalue weighted by Gasteiger charge is 2.13. The molecule has 0 radical (unpaired) electrons. The van der Waals surface area contributed by atoms with Gasteiger partial charge >= 0.3 is 0 Å². The van der Waals surface area contributed by atoms with Crippen molar-refractivity contribution in [2.75, 3.05) is 16.0 Å². The first-order valence-corrected chi connectivity index (χ1v) is 7.94. The fraction of sp³-hybridized carbons (Fsp3) is 0.222. The van der Waals surface area contributed by atoms with Gasteiger partial charge < -0.3 is 16.0 Å². The predicted octanol–water partition coefficient (Wildman–Crippen LogP) is 4.05. The highest BCUT2D eigenvalue weighted by molar-refractivity contribution is 6.31. The SMILES string of the molecule is CC(=O)Nc1ccc(NC(=O)[C@@H](C)Nc2ccc(C)c(Cl)c2)cc1. The molecular weight excluding hydrogens is 326 g/mol. The number of hydrogen-bond acceptors (Lipinski definition) is 3. The summed E-state index contributed by atoms with van der Waals surface area (Å²) in [6.45, 7) is 5.14. The topological polar surface area (TPSA) is 70.2 Å². The van der Waals surface area contributed by atoms with Crippen molar-refractivity contribution in [3.63, 3.8) is 0 Å². The van der Waals surface area contributed by atoms with Crippen LogP contribution in [0.5, 0.6) is 0 Å². The Labute approximate surface area is 146 Å². The molecule has 0 fully saturated rings. The summed E-state index contributed by atoms with van der Waals surface area (Å²) in [5.74, 6) is -0.305. The maximum Gasteiger partial charge on any atom is 0.246 e. The Morgan fingerprint density at radius 2 is 1.50 bits per heavy atom. The molecule has 5 nitrogen and oxygen atoms in total. The standard InChI is InChI=1S/C18H20ClN3O2/c1-11-4-5-16(10-17(11)19)20-12(2)18(24)22-15-8-6-14(7-9-15)21-13(3)23/h4-10,12,20H,1-3H3,(H,21,23)(H,22,24)/t12-/m1/s1. The van der Waals surface area contributed by atoms with Gasteiger partial charge in [0.25, 0.3) is 0 Å². The van der Waals surface area contributed by atoms with Crippen molar-refractivity contribution < 1.29 is 9.59 Å². The maximum atomic E-state index is 12.3. The maximum absolute atomic E-state index is 12.3. The van der Waals surface area contributed by atoms with E-state index >= 15 is 0 Å². The molecular formula is C18H20ClN3O2. The number of benzene rings is 2. The zero-order chi connectivity index (χ0) is 17.7. The molecule has 126 valence electrons. The minimum absolute atomic E-state index is 0.138. The normalized spacial score (nSPS) is 11.5. The second-order valence-electron chi connectivity index (χ2n) is 5.58. The minimum atomic E-state index is -0.432. The van der Waals surface area contributed by atoms with Crippen molar-refractivity contribution >= 4 is 40.5 Å². The molecule has 0 bridgehead atoms. The van der Waals surface area contributed by atoms with Gasteiger partial charge in [-0.25, -0.2) is 0 Å². The monoisotopic (exact) mass is 345 g/mol. The molecule has 2 rings (SSSR count). The van der Waals surface area contributed by atoms with Crippen molar-refractivity contribution in [1.82, 2.24) is 0 Å². The molecule has 0 spiro atoms. The summed E-state index contributed by atoms with van der Waals surface area (Å²) in [5.41, 5.74) is 3.11. The number of hydrogen-bond donors (Lipinski definition) is 3. The Balaban J connectivity index is 1.95. The van der Waals surface area contributed by atoms with E-state index in [-0.39, 0.29) is 11.8 Å². The van der Waals surface area contributed by atoms with Crippen LogP contribution in [0.25, 0.3) is 0 Å². The van der Waals surface area contributed by atoms with Crippen LogP contribution in [0.1, 0.15) is 19.4 Å². The minimum Gasteiger partial charge on any atom is -0.374 e. The summed E-state index contributed by atoms with van der Waals surface area (Å²) in [4.78, 5) is 23.2. The van der Waals surface area contributed by atoms with E-state index in [2.05, 4.69) is 16.0 Å². The quantitative estimate of drug-likeness (QED) is 0.765. The van der Waals surface area contributed by atoms with Crippen molar-refractivity contribution in [3.05, 3.63) is 53.1 Å². The molecule has 2 aromatic rings. The second kappa shape index (κ2) is 7.84. The van der Waals surface area contributed by atoms with Crippen LogP contribution < -0.4 is 16.0 Å². The van der Waals surface area contributed by atoms with E-state index in [1.165, 1.54) is 6.92 Å². The highest BCUT2D eigenvalue weighted by atomic mass is 35.5. The average Bonchev–Trinajstić information content (AvgIpc) is 2.52. The smallest absolute Gasteiger partial charge is 0.246 e. The Morgan fingerprint density at radius 1 is 0.958 bits per heavy atom. The van der Waals surface area contributed by atoms with E-state index in [4.69, 9.17) is 11.6 Å². The van der Waals surface area contributed by atoms with E-state index in [1.54, 1.807) is 37.3 Å². The van der Waals surface area contributed by atoms with Gasteiger partial charge in [-0.05, 0) is 55.8 Å². The molecule has 3 N–H and O–H groups in total. The Bertz CT molecular complexity index is 744. The number of aryl methyl sites for hydroxylation is 1. The lowest BCUT2D eigenvalue weighted by Crippen LogP contribution is -2.31. The summed E-state index contributed by atoms with van der Waals surface area (Å²) >= 11 is 6.09. The van der Waals surface area contributed by atoms with Crippen LogP contribution in [0.2, 0.25) is 5.02 Å². The summed E-state index contributed by atoms with van der Waals surface area (Å²) < 4.78 is 0. The van der Waals surface area contributed by atoms with Crippen molar-refractivity contribution in [1.29, 1.82) is 0 Å². The van der Waals surface area contributed by atoms with Gasteiger partial charge in [-0.15, -0.1) is 0 Å². The van der Waals surface area contributed by atoms with Crippen molar-refractivity contribution in [2.45, 2.75) is 26.8 Å². The molecule has 2 aromatic carbocycles. The van der Waals surface area contributed by atoms with Crippen molar-refractivity contribution in [2.24, 2.45) is 0 Å². The van der Waals surface area contributed by atoms with Crippen LogP contribution in [-0.2, 0) is 9.59 Å². The van der Waals surface area contributed by atoms with E-state index < -0.39 is 6.04 Å². The first-order chi connectivity index (χ1) is 11.3. The number of anilines is 3. The van der Waals surface area contributed by atoms with Gasteiger partial charge in [0, 0.05) is 29.0 Å². The van der Waals surface area contributed by atoms with Crippen LogP contribution in [0, 0.1) is 6.92 Å². The Hall–Kier alpha value is -2.53. The van der Waals surface area contributed by atoms with Gasteiger partial charge in [0.05, 0.1) is 0 Å². The first-order valence-electron chi connectivity index (χ1n) is 7.56. The van der Waals surface area contributed by atoms with Gasteiger partial charge in [0.1, 0.15) is 6.04 Å². The van der Waals surface area contributed by atoms with Gasteiger partial charge in [0.2, 0.25) is 11.8 Å². The van der Waals surface area contributed by atoms with Gasteiger partial charge in [-0.3, -0.25) is 9.59 Å². The number of carbonyl (C=O) groups is 2. The van der Waals surface area contributed by atoms with Crippen LogP contribution in [0.3, 0.4) is 0 Å². The summed E-state index contributed by atoms with van der Waals surface area (Å²) in [5, 5.41) is 9.26. The zero-order valence-corrected chi connectivity index (χ0v) is 14.6. The average molecular weight is 346 g/mol. The third kappa shape index (κ3) is 4.99. The molecule has 1 atom stereocenters. The van der Waals surface area contributed by atoms with E-state index in [0.29, 0.717) is 16.4 Å². The molecule has 0 aromatic heterocycles. The second-order valence-corrected chi connectivity index (χ2v) is 5.98. The van der Waals surface area contributed by atoms with Crippen LogP contribution in [0.15, 0.2) is 42.5 Å². The number of carbonyl (C=O) groups excluding carboxylic acids is 2. The number of amides is 2. The van der Waals surface area contributed by atoms with Gasteiger partial charge in [-0.2, -0.15) is 0 Å². The van der Waals surface area contributed by atoms with Crippen LogP contribution >= 0.6 is 11.6 Å². The molecule has 0 aliphatic heterocycles. The van der Waals surface area contributed by atoms with E-state index in [0.717, 1.165) is 11.3 Å². The zero-order valence-electron chi connectivity index (χ0n) is 13.8. The number of nitrogens with one attached hydrogen (secondary N) is 3. The molecule has 24 heavy (non-hydrogen) atoms. The molecule has 2 amide bonds. The summed E-state index contributed by atoms with van der Waals surface area (Å²) in [7, 11) is 0. The molecule has 6 heteroatoms. The van der Waals surface area contributed by atoms with E-state index in [9.17, 15) is 9.59 Å². The molecule has 0 aliphatic carbocycles. The lowest BCUT2D eigenvalue weighted by molar-refractivity contribution is -0.116. The van der Waals surface area contributed by atoms with Gasteiger partial charge in [-0.1, -0.05) is 17.7 Å². The number of rotatable bonds is 5. The fourth-order valence-corrected chi connectivity index (χ4v) is 2.27. The number of halogens is 1. The molecule has 0 unspecified atom stereocenters. The van der Waals surface area contributed by atoms with E-state index in [1.807, 2.05) is 19.1 Å². The van der Waals surface area contributed by atoms with Crippen LogP contribution in [0.4, 0.5) is 17.1 Å². The Morgan fingerprint density at radius 3 is 2.04 bits per heavy atom. The van der Waals surface area contributed by atoms with Gasteiger partial charge in [0.15, 0.2) is 0 Å². The van der Waals surface area contributed by atoms with Crippen molar-refractivity contribution in [3.8, 4) is 0 Å². The summed E-state index contributed by atoms with van der Waals surface area (Å²) in [6, 6.07) is 12.1. The summed E-state index contributed by atoms with van der Waals surface area (Å²) in [6.07, 6.45) is 0. The Kier molecular flexibility index (Phi) is 5.82. The molecule has 0 saturated carbocycles. The first kappa shape index (κ1) is 17.8. The molecule has 0 aliphatic rings. The third-order valence-corrected chi connectivity index (χ3v) is 3.83. The lowest BCUT2D eigenvalue weighted by Gasteiger charge is -2.16. The largest absolute Gasteiger partial charge is 0.374 e. The highest BCUT2D eigenvalue weighted by Crippen LogP contribution is 2.21.